The molecule has 0 spiro atoms. The van der Waals surface area contributed by atoms with Crippen molar-refractivity contribution in [3.8, 4) is 0 Å². The lowest BCUT2D eigenvalue weighted by molar-refractivity contribution is -0.178. The molecule has 0 radical (unpaired) electrons. The summed E-state index contributed by atoms with van der Waals surface area (Å²) in [6, 6.07) is -1.59. The van der Waals surface area contributed by atoms with E-state index in [2.05, 4.69) is 0 Å². The van der Waals surface area contributed by atoms with Crippen molar-refractivity contribution in [1.82, 2.24) is 9.96 Å². The van der Waals surface area contributed by atoms with Gasteiger partial charge >= 0.3 is 12.0 Å². The summed E-state index contributed by atoms with van der Waals surface area (Å²) in [5.74, 6) is -0.739. The number of carbonyl (C=O) groups is 3. The first-order valence-electron chi connectivity index (χ1n) is 8.53. The molecule has 1 fully saturated rings. The minimum atomic E-state index is -0.768. The number of ether oxygens (including phenoxy) is 1. The smallest absolute Gasteiger partial charge is 0.345 e. The Morgan fingerprint density at radius 3 is 2.40 bits per heavy atom. The van der Waals surface area contributed by atoms with Crippen LogP contribution in [0.5, 0.6) is 0 Å². The summed E-state index contributed by atoms with van der Waals surface area (Å²) in [7, 11) is 0. The van der Waals surface area contributed by atoms with Gasteiger partial charge in [0.15, 0.2) is 6.61 Å². The van der Waals surface area contributed by atoms with Gasteiger partial charge < -0.3 is 15.4 Å². The molecule has 25 heavy (non-hydrogen) atoms. The Kier molecular flexibility index (Phi) is 5.72. The molecule has 2 rings (SSSR count). The molecule has 0 unspecified atom stereocenters. The molecule has 0 aromatic heterocycles. The molecule has 2 heterocycles. The minimum Gasteiger partial charge on any atom is -0.460 e. The topological polar surface area (TPSA) is 102 Å². The summed E-state index contributed by atoms with van der Waals surface area (Å²) in [5, 5.41) is 1.12. The maximum atomic E-state index is 12.4. The van der Waals surface area contributed by atoms with Gasteiger partial charge in [-0.25, -0.2) is 9.59 Å². The number of amides is 3. The van der Waals surface area contributed by atoms with Crippen LogP contribution in [0.1, 0.15) is 34.6 Å². The van der Waals surface area contributed by atoms with Crippen molar-refractivity contribution in [3.63, 3.8) is 0 Å². The highest BCUT2D eigenvalue weighted by Gasteiger charge is 2.47. The Labute approximate surface area is 147 Å². The highest BCUT2D eigenvalue weighted by atomic mass is 16.7. The zero-order chi connectivity index (χ0) is 18.9. The number of esters is 1. The summed E-state index contributed by atoms with van der Waals surface area (Å²) in [6.07, 6.45) is 1.56. The van der Waals surface area contributed by atoms with Gasteiger partial charge in [-0.3, -0.25) is 9.63 Å². The van der Waals surface area contributed by atoms with E-state index in [1.165, 1.54) is 4.90 Å². The number of hydrogen-bond acceptors (Lipinski definition) is 5. The van der Waals surface area contributed by atoms with E-state index in [1.807, 2.05) is 27.7 Å². The standard InChI is InChI=1S/C17H27N3O5/c1-9(2)15(10(3)4)25-13(21)8-24-20-12-6-11(5)14(16(18)22)19(7-12)17(20)23/h6,9-10,12,14-15H,7-8H2,1-5H3,(H2,18,22)/t12-,14+/m1/s1. The van der Waals surface area contributed by atoms with Crippen LogP contribution in [0.2, 0.25) is 0 Å². The minimum absolute atomic E-state index is 0.185. The lowest BCUT2D eigenvalue weighted by atomic mass is 9.96. The van der Waals surface area contributed by atoms with E-state index < -0.39 is 23.9 Å². The summed E-state index contributed by atoms with van der Waals surface area (Å²) >= 11 is 0. The van der Waals surface area contributed by atoms with Crippen LogP contribution in [0, 0.1) is 11.8 Å². The molecule has 0 aromatic rings. The van der Waals surface area contributed by atoms with Crippen molar-refractivity contribution in [2.75, 3.05) is 13.2 Å². The Balaban J connectivity index is 1.97. The first kappa shape index (κ1) is 19.2. The van der Waals surface area contributed by atoms with Gasteiger partial charge in [-0.15, -0.1) is 0 Å². The Bertz CT molecular complexity index is 579. The molecule has 3 amide bonds. The van der Waals surface area contributed by atoms with Crippen LogP contribution in [0.4, 0.5) is 4.79 Å². The average molecular weight is 353 g/mol. The quantitative estimate of drug-likeness (QED) is 0.545. The van der Waals surface area contributed by atoms with E-state index in [1.54, 1.807) is 13.0 Å². The fraction of sp³-hybridized carbons (Fsp3) is 0.706. The third-order valence-electron chi connectivity index (χ3n) is 4.49. The number of rotatable bonds is 7. The van der Waals surface area contributed by atoms with Crippen molar-refractivity contribution in [3.05, 3.63) is 11.6 Å². The third kappa shape index (κ3) is 3.95. The third-order valence-corrected chi connectivity index (χ3v) is 4.49. The van der Waals surface area contributed by atoms with Crippen molar-refractivity contribution < 1.29 is 24.0 Å². The average Bonchev–Trinajstić information content (AvgIpc) is 2.73. The van der Waals surface area contributed by atoms with Crippen LogP contribution in [-0.2, 0) is 19.2 Å². The second-order valence-corrected chi connectivity index (χ2v) is 7.26. The Morgan fingerprint density at radius 1 is 1.28 bits per heavy atom. The number of carbonyl (C=O) groups excluding carboxylic acids is 3. The lowest BCUT2D eigenvalue weighted by Gasteiger charge is -2.27. The van der Waals surface area contributed by atoms with Gasteiger partial charge in [0.25, 0.3) is 0 Å². The lowest BCUT2D eigenvalue weighted by Crippen LogP contribution is -2.48. The highest BCUT2D eigenvalue weighted by molar-refractivity contribution is 5.90. The SMILES string of the molecule is CC1=C[C@@H]2CN(C(=O)N2OCC(=O)OC(C(C)C)C(C)C)[C@@H]1C(N)=O. The fourth-order valence-electron chi connectivity index (χ4n) is 3.48. The summed E-state index contributed by atoms with van der Waals surface area (Å²) in [6.45, 7) is 9.62. The van der Waals surface area contributed by atoms with Crippen LogP contribution in [-0.4, -0.2) is 59.2 Å². The number of hydroxylamine groups is 2. The molecule has 140 valence electrons. The van der Waals surface area contributed by atoms with Crippen molar-refractivity contribution in [2.45, 2.75) is 52.8 Å². The predicted octanol–water partition coefficient (Wildman–Crippen LogP) is 1.06. The van der Waals surface area contributed by atoms with Crippen molar-refractivity contribution in [1.29, 1.82) is 0 Å². The molecule has 8 heteroatoms. The molecule has 0 saturated carbocycles. The largest absolute Gasteiger partial charge is 0.460 e. The van der Waals surface area contributed by atoms with Gasteiger partial charge in [0.05, 0.1) is 12.6 Å². The van der Waals surface area contributed by atoms with Crippen LogP contribution in [0.25, 0.3) is 0 Å². The second-order valence-electron chi connectivity index (χ2n) is 7.26. The van der Waals surface area contributed by atoms with E-state index in [9.17, 15) is 14.4 Å². The number of fused-ring (bicyclic) bond motifs is 2. The van der Waals surface area contributed by atoms with E-state index in [0.717, 1.165) is 5.06 Å². The van der Waals surface area contributed by atoms with Gasteiger partial charge in [0.1, 0.15) is 12.1 Å². The molecule has 2 N–H and O–H groups in total. The molecular formula is C17H27N3O5. The van der Waals surface area contributed by atoms with Crippen molar-refractivity contribution in [2.24, 2.45) is 17.6 Å². The Hall–Kier alpha value is -2.09. The number of nitrogens with two attached hydrogens (primary N) is 1. The molecule has 2 aliphatic rings. The zero-order valence-corrected chi connectivity index (χ0v) is 15.4. The maximum absolute atomic E-state index is 12.4. The van der Waals surface area contributed by atoms with Gasteiger partial charge in [0, 0.05) is 0 Å². The number of hydrogen-bond donors (Lipinski definition) is 1. The number of urea groups is 1. The number of nitrogens with zero attached hydrogens (tertiary/aromatic N) is 2. The molecule has 1 saturated heterocycles. The molecule has 0 aliphatic carbocycles. The number of primary amides is 1. The first-order chi connectivity index (χ1) is 11.6. The molecule has 2 aliphatic heterocycles. The van der Waals surface area contributed by atoms with Crippen molar-refractivity contribution >= 4 is 17.9 Å². The molecule has 2 bridgehead atoms. The van der Waals surface area contributed by atoms with E-state index in [4.69, 9.17) is 15.3 Å². The van der Waals surface area contributed by atoms with Crippen LogP contribution >= 0.6 is 0 Å². The van der Waals surface area contributed by atoms with E-state index in [-0.39, 0.29) is 30.6 Å². The van der Waals surface area contributed by atoms with Crippen LogP contribution in [0.15, 0.2) is 11.6 Å². The van der Waals surface area contributed by atoms with E-state index >= 15 is 0 Å². The fourth-order valence-corrected chi connectivity index (χ4v) is 3.48. The van der Waals surface area contributed by atoms with Gasteiger partial charge in [-0.1, -0.05) is 33.8 Å². The van der Waals surface area contributed by atoms with Crippen LogP contribution in [0.3, 0.4) is 0 Å². The normalized spacial score (nSPS) is 22.9. The highest BCUT2D eigenvalue weighted by Crippen LogP contribution is 2.29. The van der Waals surface area contributed by atoms with Gasteiger partial charge in [0.2, 0.25) is 5.91 Å². The Morgan fingerprint density at radius 2 is 1.88 bits per heavy atom. The molecule has 2 atom stereocenters. The second kappa shape index (κ2) is 7.43. The molecular weight excluding hydrogens is 326 g/mol. The van der Waals surface area contributed by atoms with Gasteiger partial charge in [-0.05, 0) is 24.3 Å². The van der Waals surface area contributed by atoms with Gasteiger partial charge in [-0.2, -0.15) is 5.06 Å². The summed E-state index contributed by atoms with van der Waals surface area (Å²) < 4.78 is 5.46. The van der Waals surface area contributed by atoms with E-state index in [0.29, 0.717) is 12.1 Å². The molecule has 0 aromatic carbocycles. The monoisotopic (exact) mass is 353 g/mol. The first-order valence-corrected chi connectivity index (χ1v) is 8.53. The maximum Gasteiger partial charge on any atom is 0.345 e. The predicted molar refractivity (Wildman–Crippen MR) is 90.0 cm³/mol. The summed E-state index contributed by atoms with van der Waals surface area (Å²) in [5.41, 5.74) is 6.08. The molecule has 8 nitrogen and oxygen atoms in total. The van der Waals surface area contributed by atoms with Crippen LogP contribution < -0.4 is 5.73 Å². The summed E-state index contributed by atoms with van der Waals surface area (Å²) in [4.78, 5) is 42.8. The zero-order valence-electron chi connectivity index (χ0n) is 15.4.